The highest BCUT2D eigenvalue weighted by Crippen LogP contribution is 2.15. The molecule has 0 unspecified atom stereocenters. The van der Waals surface area contributed by atoms with Crippen molar-refractivity contribution in [1.82, 2.24) is 24.8 Å². The monoisotopic (exact) mass is 343 g/mol. The zero-order chi connectivity index (χ0) is 17.8. The van der Waals surface area contributed by atoms with Gasteiger partial charge in [-0.15, -0.1) is 0 Å². The van der Waals surface area contributed by atoms with Crippen LogP contribution < -0.4 is 21.5 Å². The first-order valence-electron chi connectivity index (χ1n) is 8.28. The average Bonchev–Trinajstić information content (AvgIpc) is 2.63. The second kappa shape index (κ2) is 7.29. The van der Waals surface area contributed by atoms with E-state index >= 15 is 0 Å². The molecule has 0 radical (unpaired) electrons. The van der Waals surface area contributed by atoms with E-state index in [1.807, 2.05) is 11.8 Å². The number of amides is 1. The fraction of sp³-hybridized carbons (Fsp3) is 0.438. The van der Waals surface area contributed by atoms with Crippen molar-refractivity contribution in [3.8, 4) is 0 Å². The summed E-state index contributed by atoms with van der Waals surface area (Å²) in [6.45, 7) is 3.83. The van der Waals surface area contributed by atoms with Gasteiger partial charge in [-0.25, -0.2) is 15.0 Å². The molecule has 9 nitrogen and oxygen atoms in total. The molecule has 0 saturated carbocycles. The number of piperidine rings is 1. The molecule has 0 bridgehead atoms. The molecule has 1 fully saturated rings. The Balaban J connectivity index is 1.62. The van der Waals surface area contributed by atoms with Gasteiger partial charge < -0.3 is 20.5 Å². The topological polar surface area (TPSA) is 119 Å². The van der Waals surface area contributed by atoms with Crippen LogP contribution in [0.1, 0.15) is 30.3 Å². The minimum Gasteiger partial charge on any atom is -0.382 e. The molecule has 3 rings (SSSR count). The molecule has 25 heavy (non-hydrogen) atoms. The molecular formula is C16H21N7O2. The zero-order valence-corrected chi connectivity index (χ0v) is 14.1. The van der Waals surface area contributed by atoms with Crippen molar-refractivity contribution in [3.05, 3.63) is 40.8 Å². The molecule has 9 heteroatoms. The molecule has 3 heterocycles. The standard InChI is InChI=1S/C16H21N7O2/c1-2-22-10-7-20-14(16(22)25)23-8-3-11(4-9-23)21-15(24)12-13(17)19-6-5-18-12/h5-7,10-11H,2-4,8-9H2,1H3,(H2,17,19)(H,21,24). The van der Waals surface area contributed by atoms with Crippen molar-refractivity contribution >= 4 is 17.5 Å². The van der Waals surface area contributed by atoms with Crippen molar-refractivity contribution in [1.29, 1.82) is 0 Å². The number of rotatable bonds is 4. The molecule has 2 aromatic rings. The number of aromatic nitrogens is 4. The lowest BCUT2D eigenvalue weighted by molar-refractivity contribution is 0.0926. The molecule has 3 N–H and O–H groups in total. The van der Waals surface area contributed by atoms with Crippen molar-refractivity contribution < 1.29 is 4.79 Å². The van der Waals surface area contributed by atoms with Crippen LogP contribution in [0.15, 0.2) is 29.6 Å². The second-order valence-corrected chi connectivity index (χ2v) is 5.87. The van der Waals surface area contributed by atoms with Crippen molar-refractivity contribution in [3.63, 3.8) is 0 Å². The van der Waals surface area contributed by atoms with Crippen LogP contribution in [0.4, 0.5) is 11.6 Å². The van der Waals surface area contributed by atoms with Crippen LogP contribution in [-0.2, 0) is 6.54 Å². The molecule has 132 valence electrons. The number of carbonyl (C=O) groups excluding carboxylic acids is 1. The fourth-order valence-corrected chi connectivity index (χ4v) is 2.91. The minimum atomic E-state index is -0.324. The van der Waals surface area contributed by atoms with E-state index in [1.165, 1.54) is 12.4 Å². The van der Waals surface area contributed by atoms with Gasteiger partial charge in [0.05, 0.1) is 0 Å². The highest BCUT2D eigenvalue weighted by Gasteiger charge is 2.24. The highest BCUT2D eigenvalue weighted by atomic mass is 16.2. The summed E-state index contributed by atoms with van der Waals surface area (Å²) in [5.41, 5.74) is 5.74. The van der Waals surface area contributed by atoms with Crippen molar-refractivity contribution in [2.24, 2.45) is 0 Å². The van der Waals surface area contributed by atoms with E-state index in [9.17, 15) is 9.59 Å². The maximum atomic E-state index is 12.3. The quantitative estimate of drug-likeness (QED) is 0.804. The third-order valence-electron chi connectivity index (χ3n) is 4.31. The predicted octanol–water partition coefficient (Wildman–Crippen LogP) is 0.0342. The van der Waals surface area contributed by atoms with Crippen molar-refractivity contribution in [2.75, 3.05) is 23.7 Å². The second-order valence-electron chi connectivity index (χ2n) is 5.87. The van der Waals surface area contributed by atoms with Gasteiger partial charge in [0, 0.05) is 50.5 Å². The Labute approximate surface area is 144 Å². The van der Waals surface area contributed by atoms with Crippen LogP contribution in [-0.4, -0.2) is 44.6 Å². The number of nitrogens with zero attached hydrogens (tertiary/aromatic N) is 5. The predicted molar refractivity (Wildman–Crippen MR) is 93.3 cm³/mol. The molecule has 0 atom stereocenters. The largest absolute Gasteiger partial charge is 0.382 e. The Morgan fingerprint density at radius 2 is 1.96 bits per heavy atom. The summed E-state index contributed by atoms with van der Waals surface area (Å²) in [5.74, 6) is 0.258. The third-order valence-corrected chi connectivity index (χ3v) is 4.31. The van der Waals surface area contributed by atoms with Crippen LogP contribution in [0.2, 0.25) is 0 Å². The van der Waals surface area contributed by atoms with Gasteiger partial charge in [0.25, 0.3) is 11.5 Å². The number of hydrogen-bond acceptors (Lipinski definition) is 7. The lowest BCUT2D eigenvalue weighted by Crippen LogP contribution is -2.46. The van der Waals surface area contributed by atoms with Gasteiger partial charge >= 0.3 is 0 Å². The smallest absolute Gasteiger partial charge is 0.293 e. The summed E-state index contributed by atoms with van der Waals surface area (Å²) in [6.07, 6.45) is 7.64. The van der Waals surface area contributed by atoms with E-state index in [0.29, 0.717) is 38.3 Å². The molecule has 0 aromatic carbocycles. The normalized spacial score (nSPS) is 15.2. The van der Waals surface area contributed by atoms with E-state index in [1.54, 1.807) is 17.0 Å². The summed E-state index contributed by atoms with van der Waals surface area (Å²) in [4.78, 5) is 38.6. The molecule has 2 aromatic heterocycles. The molecular weight excluding hydrogens is 322 g/mol. The van der Waals surface area contributed by atoms with E-state index in [4.69, 9.17) is 5.73 Å². The Hall–Kier alpha value is -2.97. The summed E-state index contributed by atoms with van der Waals surface area (Å²) in [5, 5.41) is 2.93. The first kappa shape index (κ1) is 16.9. The fourth-order valence-electron chi connectivity index (χ4n) is 2.91. The Morgan fingerprint density at radius 3 is 2.64 bits per heavy atom. The SMILES string of the molecule is CCn1ccnc(N2CCC(NC(=O)c3nccnc3N)CC2)c1=O. The van der Waals surface area contributed by atoms with E-state index in [-0.39, 0.29) is 29.0 Å². The molecule has 1 amide bonds. The molecule has 0 spiro atoms. The Kier molecular flexibility index (Phi) is 4.92. The van der Waals surface area contributed by atoms with E-state index in [2.05, 4.69) is 20.3 Å². The maximum Gasteiger partial charge on any atom is 0.293 e. The Bertz CT molecular complexity index is 812. The minimum absolute atomic E-state index is 0.00210. The highest BCUT2D eigenvalue weighted by molar-refractivity contribution is 5.96. The number of nitrogen functional groups attached to an aromatic ring is 1. The van der Waals surface area contributed by atoms with Gasteiger partial charge in [0.1, 0.15) is 0 Å². The van der Waals surface area contributed by atoms with Crippen molar-refractivity contribution in [2.45, 2.75) is 32.4 Å². The average molecular weight is 343 g/mol. The summed E-state index contributed by atoms with van der Waals surface area (Å²) < 4.78 is 1.63. The lowest BCUT2D eigenvalue weighted by Gasteiger charge is -2.32. The van der Waals surface area contributed by atoms with Crippen LogP contribution in [0.3, 0.4) is 0 Å². The first-order valence-corrected chi connectivity index (χ1v) is 8.28. The molecule has 1 saturated heterocycles. The summed E-state index contributed by atoms with van der Waals surface area (Å²) in [6, 6.07) is 0.00210. The van der Waals surface area contributed by atoms with Crippen LogP contribution >= 0.6 is 0 Å². The number of nitrogens with one attached hydrogen (secondary N) is 1. The van der Waals surface area contributed by atoms with E-state index in [0.717, 1.165) is 0 Å². The number of nitrogens with two attached hydrogens (primary N) is 1. The van der Waals surface area contributed by atoms with Gasteiger partial charge in [-0.2, -0.15) is 0 Å². The van der Waals surface area contributed by atoms with Gasteiger partial charge in [0.15, 0.2) is 17.3 Å². The number of hydrogen-bond donors (Lipinski definition) is 2. The van der Waals surface area contributed by atoms with Gasteiger partial charge in [-0.05, 0) is 19.8 Å². The zero-order valence-electron chi connectivity index (χ0n) is 14.1. The number of carbonyl (C=O) groups is 1. The van der Waals surface area contributed by atoms with Crippen LogP contribution in [0, 0.1) is 0 Å². The molecule has 1 aliphatic rings. The summed E-state index contributed by atoms with van der Waals surface area (Å²) in [7, 11) is 0. The number of aryl methyl sites for hydroxylation is 1. The maximum absolute atomic E-state index is 12.3. The molecule has 1 aliphatic heterocycles. The van der Waals surface area contributed by atoms with Crippen LogP contribution in [0.5, 0.6) is 0 Å². The Morgan fingerprint density at radius 1 is 1.24 bits per heavy atom. The van der Waals surface area contributed by atoms with Gasteiger partial charge in [-0.3, -0.25) is 9.59 Å². The van der Waals surface area contributed by atoms with Gasteiger partial charge in [-0.1, -0.05) is 0 Å². The van der Waals surface area contributed by atoms with Gasteiger partial charge in [0.2, 0.25) is 0 Å². The van der Waals surface area contributed by atoms with E-state index < -0.39 is 0 Å². The lowest BCUT2D eigenvalue weighted by atomic mass is 10.0. The first-order chi connectivity index (χ1) is 12.1. The van der Waals surface area contributed by atoms with Crippen LogP contribution in [0.25, 0.3) is 0 Å². The third kappa shape index (κ3) is 3.59. The molecule has 0 aliphatic carbocycles. The number of anilines is 2. The summed E-state index contributed by atoms with van der Waals surface area (Å²) >= 11 is 0.